The Hall–Kier alpha value is -3.29. The summed E-state index contributed by atoms with van der Waals surface area (Å²) in [6.45, 7) is 0.700. The zero-order valence-electron chi connectivity index (χ0n) is 16.8. The van der Waals surface area contributed by atoms with Gasteiger partial charge in [-0.15, -0.1) is 0 Å². The highest BCUT2D eigenvalue weighted by atomic mass is 32.2. The molecule has 31 heavy (non-hydrogen) atoms. The fraction of sp³-hybridized carbons (Fsp3) is 0.125. The molecule has 4 aromatic rings. The van der Waals surface area contributed by atoms with Crippen molar-refractivity contribution in [2.24, 2.45) is 0 Å². The lowest BCUT2D eigenvalue weighted by Crippen LogP contribution is -2.24. The maximum atomic E-state index is 13.1. The molecular weight excluding hydrogens is 413 g/mol. The van der Waals surface area contributed by atoms with Crippen LogP contribution in [-0.2, 0) is 28.9 Å². The molecule has 0 fully saturated rings. The third-order valence-electron chi connectivity index (χ3n) is 4.82. The van der Waals surface area contributed by atoms with Crippen LogP contribution in [0.3, 0.4) is 0 Å². The van der Waals surface area contributed by atoms with Crippen LogP contribution >= 0.6 is 0 Å². The second-order valence-corrected chi connectivity index (χ2v) is 9.07. The molecule has 0 unspecified atom stereocenters. The third-order valence-corrected chi connectivity index (χ3v) is 6.12. The molecule has 0 saturated carbocycles. The minimum absolute atomic E-state index is 0.114. The Bertz CT molecular complexity index is 1240. The number of rotatable bonds is 8. The fourth-order valence-corrected chi connectivity index (χ4v) is 4.43. The van der Waals surface area contributed by atoms with Crippen LogP contribution in [0.5, 0.6) is 0 Å². The normalized spacial score (nSPS) is 11.5. The molecule has 0 aliphatic heterocycles. The number of nitrogens with zero attached hydrogens (tertiary/aromatic N) is 2. The zero-order valence-corrected chi connectivity index (χ0v) is 17.6. The third kappa shape index (κ3) is 5.65. The van der Waals surface area contributed by atoms with Crippen molar-refractivity contribution in [2.75, 3.05) is 0 Å². The zero-order chi connectivity index (χ0) is 21.7. The molecule has 1 heterocycles. The molecule has 4 rings (SSSR count). The first-order chi connectivity index (χ1) is 15.0. The van der Waals surface area contributed by atoms with Crippen LogP contribution in [0.4, 0.5) is 4.39 Å². The van der Waals surface area contributed by atoms with Crippen molar-refractivity contribution in [3.05, 3.63) is 114 Å². The smallest absolute Gasteiger partial charge is 0.216 e. The minimum Gasteiger partial charge on any atom is -0.267 e. The van der Waals surface area contributed by atoms with Crippen LogP contribution < -0.4 is 4.72 Å². The van der Waals surface area contributed by atoms with E-state index in [0.29, 0.717) is 12.1 Å². The molecule has 0 spiro atoms. The number of hydrogen-bond donors (Lipinski definition) is 1. The molecule has 7 heteroatoms. The van der Waals surface area contributed by atoms with E-state index in [0.717, 1.165) is 22.4 Å². The monoisotopic (exact) mass is 435 g/mol. The number of halogens is 1. The maximum Gasteiger partial charge on any atom is 0.216 e. The van der Waals surface area contributed by atoms with E-state index in [4.69, 9.17) is 5.10 Å². The van der Waals surface area contributed by atoms with E-state index in [1.165, 1.54) is 24.3 Å². The van der Waals surface area contributed by atoms with Gasteiger partial charge in [-0.25, -0.2) is 17.5 Å². The van der Waals surface area contributed by atoms with Crippen LogP contribution in [0.2, 0.25) is 0 Å². The molecule has 0 aliphatic carbocycles. The first-order valence-corrected chi connectivity index (χ1v) is 11.5. The number of benzene rings is 3. The van der Waals surface area contributed by atoms with Gasteiger partial charge >= 0.3 is 0 Å². The Morgan fingerprint density at radius 3 is 2.16 bits per heavy atom. The van der Waals surface area contributed by atoms with Crippen LogP contribution in [0.15, 0.2) is 91.1 Å². The van der Waals surface area contributed by atoms with Gasteiger partial charge in [0.25, 0.3) is 0 Å². The van der Waals surface area contributed by atoms with Gasteiger partial charge in [-0.2, -0.15) is 5.10 Å². The van der Waals surface area contributed by atoms with Crippen LogP contribution in [0.25, 0.3) is 11.3 Å². The SMILES string of the molecule is O=S(=O)(Cc1ccc(F)cc1)NCc1cn(Cc2ccccc2)nc1-c1ccccc1. The average molecular weight is 436 g/mol. The molecular formula is C24H22FN3O2S. The van der Waals surface area contributed by atoms with Crippen LogP contribution in [-0.4, -0.2) is 18.2 Å². The molecule has 3 aromatic carbocycles. The largest absolute Gasteiger partial charge is 0.267 e. The van der Waals surface area contributed by atoms with Crippen molar-refractivity contribution in [2.45, 2.75) is 18.8 Å². The molecule has 158 valence electrons. The first-order valence-electron chi connectivity index (χ1n) is 9.86. The van der Waals surface area contributed by atoms with E-state index in [1.54, 1.807) is 0 Å². The lowest BCUT2D eigenvalue weighted by atomic mass is 10.1. The average Bonchev–Trinajstić information content (AvgIpc) is 3.18. The van der Waals surface area contributed by atoms with Gasteiger partial charge in [0.15, 0.2) is 0 Å². The number of sulfonamides is 1. The van der Waals surface area contributed by atoms with Gasteiger partial charge in [-0.1, -0.05) is 72.8 Å². The van der Waals surface area contributed by atoms with Gasteiger partial charge in [0, 0.05) is 23.9 Å². The predicted molar refractivity (Wildman–Crippen MR) is 119 cm³/mol. The quantitative estimate of drug-likeness (QED) is 0.447. The fourth-order valence-electron chi connectivity index (χ4n) is 3.32. The van der Waals surface area contributed by atoms with Crippen LogP contribution in [0, 0.1) is 5.82 Å². The van der Waals surface area contributed by atoms with Gasteiger partial charge in [0.1, 0.15) is 5.82 Å². The lowest BCUT2D eigenvalue weighted by Gasteiger charge is -2.07. The van der Waals surface area contributed by atoms with Gasteiger partial charge in [-0.05, 0) is 23.3 Å². The summed E-state index contributed by atoms with van der Waals surface area (Å²) in [5, 5.41) is 4.71. The second-order valence-electron chi connectivity index (χ2n) is 7.26. The van der Waals surface area contributed by atoms with Gasteiger partial charge in [-0.3, -0.25) is 4.68 Å². The summed E-state index contributed by atoms with van der Waals surface area (Å²) in [4.78, 5) is 0. The lowest BCUT2D eigenvalue weighted by molar-refractivity contribution is 0.580. The molecule has 0 amide bonds. The van der Waals surface area contributed by atoms with Gasteiger partial charge < -0.3 is 0 Å². The molecule has 0 radical (unpaired) electrons. The Morgan fingerprint density at radius 1 is 0.839 bits per heavy atom. The number of aromatic nitrogens is 2. The summed E-state index contributed by atoms with van der Waals surface area (Å²) in [6.07, 6.45) is 1.87. The summed E-state index contributed by atoms with van der Waals surface area (Å²) in [5.41, 5.74) is 4.07. The highest BCUT2D eigenvalue weighted by Crippen LogP contribution is 2.23. The highest BCUT2D eigenvalue weighted by Gasteiger charge is 2.16. The summed E-state index contributed by atoms with van der Waals surface area (Å²) in [5.74, 6) is -0.612. The highest BCUT2D eigenvalue weighted by molar-refractivity contribution is 7.88. The Labute approximate surface area is 181 Å². The van der Waals surface area contributed by atoms with E-state index in [2.05, 4.69) is 4.72 Å². The van der Waals surface area contributed by atoms with Gasteiger partial charge in [0.05, 0.1) is 18.0 Å². The Balaban J connectivity index is 1.55. The predicted octanol–water partition coefficient (Wildman–Crippen LogP) is 4.36. The molecule has 1 N–H and O–H groups in total. The van der Waals surface area contributed by atoms with Crippen molar-refractivity contribution in [1.29, 1.82) is 0 Å². The van der Waals surface area contributed by atoms with Crippen molar-refractivity contribution < 1.29 is 12.8 Å². The summed E-state index contributed by atoms with van der Waals surface area (Å²) in [7, 11) is -3.60. The summed E-state index contributed by atoms with van der Waals surface area (Å²) in [6, 6.07) is 25.1. The molecule has 0 saturated heterocycles. The van der Waals surface area contributed by atoms with E-state index in [9.17, 15) is 12.8 Å². The summed E-state index contributed by atoms with van der Waals surface area (Å²) >= 11 is 0. The number of hydrogen-bond acceptors (Lipinski definition) is 3. The molecule has 0 bridgehead atoms. The van der Waals surface area contributed by atoms with Crippen molar-refractivity contribution in [3.63, 3.8) is 0 Å². The molecule has 0 atom stereocenters. The summed E-state index contributed by atoms with van der Waals surface area (Å²) < 4.78 is 42.7. The van der Waals surface area contributed by atoms with Crippen LogP contribution in [0.1, 0.15) is 16.7 Å². The molecule has 1 aromatic heterocycles. The van der Waals surface area contributed by atoms with Gasteiger partial charge in [0.2, 0.25) is 10.0 Å². The van der Waals surface area contributed by atoms with E-state index in [1.807, 2.05) is 71.5 Å². The maximum absolute atomic E-state index is 13.1. The van der Waals surface area contributed by atoms with E-state index in [-0.39, 0.29) is 12.3 Å². The van der Waals surface area contributed by atoms with Crippen molar-refractivity contribution in [1.82, 2.24) is 14.5 Å². The standard InChI is InChI=1S/C24H22FN3O2S/c25-23-13-11-20(12-14-23)18-31(29,30)26-15-22-17-28(16-19-7-3-1-4-8-19)27-24(22)21-9-5-2-6-10-21/h1-14,17,26H,15-16,18H2. The minimum atomic E-state index is -3.60. The van der Waals surface area contributed by atoms with Crippen molar-refractivity contribution >= 4 is 10.0 Å². The number of nitrogens with one attached hydrogen (secondary N) is 1. The first kappa shape index (κ1) is 21.0. The Kier molecular flexibility index (Phi) is 6.25. The topological polar surface area (TPSA) is 64.0 Å². The van der Waals surface area contributed by atoms with E-state index >= 15 is 0 Å². The molecule has 0 aliphatic rings. The second kappa shape index (κ2) is 9.24. The molecule has 5 nitrogen and oxygen atoms in total. The van der Waals surface area contributed by atoms with Crippen molar-refractivity contribution in [3.8, 4) is 11.3 Å². The van der Waals surface area contributed by atoms with E-state index < -0.39 is 15.8 Å². The Morgan fingerprint density at radius 2 is 1.48 bits per heavy atom.